The standard InChI is InChI=1S/C43H81NO5/c1-6-8-10-12-14-16-18-20-22-24-26-28-30-32-34-36-40(45)48-38(3)42(43(5,44)47)39(4)49-41(46)37-35-33-31-29-27-25-23-21-19-17-15-13-11-9-7-2/h20-23,38-39,42,47H,6-19,24-37,44H2,1-5H3. The first kappa shape index (κ1) is 47.3. The zero-order valence-electron chi connectivity index (χ0n) is 33.0. The van der Waals surface area contributed by atoms with Crippen molar-refractivity contribution in [2.45, 2.75) is 232 Å². The topological polar surface area (TPSA) is 98.9 Å². The highest BCUT2D eigenvalue weighted by Crippen LogP contribution is 2.26. The summed E-state index contributed by atoms with van der Waals surface area (Å²) in [4.78, 5) is 25.1. The molecular weight excluding hydrogens is 610 g/mol. The average molecular weight is 692 g/mol. The number of hydrogen-bond acceptors (Lipinski definition) is 6. The fourth-order valence-corrected chi connectivity index (χ4v) is 6.69. The monoisotopic (exact) mass is 692 g/mol. The molecular formula is C43H81NO5. The maximum Gasteiger partial charge on any atom is 0.306 e. The molecule has 0 bridgehead atoms. The quantitative estimate of drug-likeness (QED) is 0.0297. The molecule has 0 aromatic rings. The summed E-state index contributed by atoms with van der Waals surface area (Å²) in [6.07, 6.45) is 40.0. The van der Waals surface area contributed by atoms with Crippen LogP contribution in [0.4, 0.5) is 0 Å². The van der Waals surface area contributed by atoms with Crippen molar-refractivity contribution < 1.29 is 24.2 Å². The minimum atomic E-state index is -1.66. The molecule has 0 aliphatic rings. The Morgan fingerprint density at radius 3 is 1.08 bits per heavy atom. The second-order valence-corrected chi connectivity index (χ2v) is 14.8. The molecule has 0 aliphatic heterocycles. The van der Waals surface area contributed by atoms with Gasteiger partial charge in [-0.25, -0.2) is 0 Å². The number of ether oxygens (including phenoxy) is 2. The number of nitrogens with two attached hydrogens (primary N) is 1. The van der Waals surface area contributed by atoms with E-state index >= 15 is 0 Å². The molecule has 3 atom stereocenters. The Morgan fingerprint density at radius 2 is 0.796 bits per heavy atom. The zero-order chi connectivity index (χ0) is 36.4. The van der Waals surface area contributed by atoms with Gasteiger partial charge in [0.05, 0.1) is 5.92 Å². The lowest BCUT2D eigenvalue weighted by Gasteiger charge is -2.37. The Labute approximate surface area is 303 Å². The summed E-state index contributed by atoms with van der Waals surface area (Å²) in [5.41, 5.74) is 4.41. The van der Waals surface area contributed by atoms with E-state index in [1.165, 1.54) is 122 Å². The van der Waals surface area contributed by atoms with E-state index in [4.69, 9.17) is 15.2 Å². The van der Waals surface area contributed by atoms with Gasteiger partial charge in [-0.15, -0.1) is 0 Å². The number of allylic oxidation sites excluding steroid dienone is 4. The molecule has 3 unspecified atom stereocenters. The third-order valence-electron chi connectivity index (χ3n) is 9.61. The van der Waals surface area contributed by atoms with Crippen molar-refractivity contribution >= 4 is 11.9 Å². The average Bonchev–Trinajstić information content (AvgIpc) is 3.04. The fourth-order valence-electron chi connectivity index (χ4n) is 6.69. The van der Waals surface area contributed by atoms with Gasteiger partial charge in [-0.3, -0.25) is 9.59 Å². The molecule has 288 valence electrons. The first-order valence-electron chi connectivity index (χ1n) is 20.8. The van der Waals surface area contributed by atoms with Crippen molar-refractivity contribution in [3.8, 4) is 0 Å². The summed E-state index contributed by atoms with van der Waals surface area (Å²) in [7, 11) is 0. The summed E-state index contributed by atoms with van der Waals surface area (Å²) in [5, 5.41) is 10.7. The number of hydrogen-bond donors (Lipinski definition) is 2. The highest BCUT2D eigenvalue weighted by atomic mass is 16.6. The van der Waals surface area contributed by atoms with Crippen LogP contribution in [0.25, 0.3) is 0 Å². The van der Waals surface area contributed by atoms with Gasteiger partial charge in [-0.1, -0.05) is 141 Å². The van der Waals surface area contributed by atoms with Gasteiger partial charge in [0.15, 0.2) is 0 Å². The molecule has 0 amide bonds. The molecule has 0 heterocycles. The van der Waals surface area contributed by atoms with Crippen molar-refractivity contribution in [3.05, 3.63) is 24.3 Å². The number of carbonyl (C=O) groups excluding carboxylic acids is 2. The molecule has 6 heteroatoms. The predicted octanol–water partition coefficient (Wildman–Crippen LogP) is 12.2. The number of esters is 2. The normalized spacial score (nSPS) is 15.0. The van der Waals surface area contributed by atoms with Gasteiger partial charge < -0.3 is 20.3 Å². The molecule has 0 radical (unpaired) electrons. The molecule has 0 rings (SSSR count). The minimum Gasteiger partial charge on any atom is -0.462 e. The molecule has 3 N–H and O–H groups in total. The second-order valence-electron chi connectivity index (χ2n) is 14.8. The van der Waals surface area contributed by atoms with Crippen molar-refractivity contribution in [2.75, 3.05) is 0 Å². The smallest absolute Gasteiger partial charge is 0.306 e. The third-order valence-corrected chi connectivity index (χ3v) is 9.61. The molecule has 0 aromatic carbocycles. The van der Waals surface area contributed by atoms with E-state index < -0.39 is 23.9 Å². The van der Waals surface area contributed by atoms with Gasteiger partial charge in [0.1, 0.15) is 17.9 Å². The number of unbranched alkanes of at least 4 members (excludes halogenated alkanes) is 22. The van der Waals surface area contributed by atoms with Crippen LogP contribution in [-0.4, -0.2) is 35.0 Å². The van der Waals surface area contributed by atoms with E-state index in [2.05, 4.69) is 38.2 Å². The molecule has 0 fully saturated rings. The highest BCUT2D eigenvalue weighted by Gasteiger charge is 2.40. The summed E-state index contributed by atoms with van der Waals surface area (Å²) in [5.74, 6) is -1.33. The lowest BCUT2D eigenvalue weighted by atomic mass is 9.87. The first-order chi connectivity index (χ1) is 23.6. The zero-order valence-corrected chi connectivity index (χ0v) is 33.0. The molecule has 0 aromatic heterocycles. The van der Waals surface area contributed by atoms with Gasteiger partial charge >= 0.3 is 11.9 Å². The van der Waals surface area contributed by atoms with Crippen LogP contribution in [0.15, 0.2) is 24.3 Å². The molecule has 0 saturated carbocycles. The maximum absolute atomic E-state index is 12.6. The van der Waals surface area contributed by atoms with Crippen LogP contribution in [-0.2, 0) is 19.1 Å². The summed E-state index contributed by atoms with van der Waals surface area (Å²) in [6, 6.07) is 0. The van der Waals surface area contributed by atoms with Crippen LogP contribution in [0, 0.1) is 5.92 Å². The SMILES string of the molecule is CCCCCCCCC=CCCCCCCCC(=O)OC(C)C(C(C)OC(=O)CCCCCCCC=CCCCCCCCC)C(C)(N)O. The van der Waals surface area contributed by atoms with Crippen LogP contribution < -0.4 is 5.73 Å². The first-order valence-corrected chi connectivity index (χ1v) is 20.8. The number of aliphatic hydroxyl groups is 1. The van der Waals surface area contributed by atoms with Gasteiger partial charge in [0, 0.05) is 12.8 Å². The van der Waals surface area contributed by atoms with Gasteiger partial charge in [0.2, 0.25) is 0 Å². The Hall–Kier alpha value is -1.66. The Balaban J connectivity index is 4.06. The fraction of sp³-hybridized carbons (Fsp3) is 0.860. The summed E-state index contributed by atoms with van der Waals surface area (Å²) < 4.78 is 11.3. The third kappa shape index (κ3) is 30.9. The molecule has 0 spiro atoms. The molecule has 6 nitrogen and oxygen atoms in total. The van der Waals surface area contributed by atoms with E-state index in [0.29, 0.717) is 12.8 Å². The number of rotatable bonds is 35. The van der Waals surface area contributed by atoms with Gasteiger partial charge in [-0.05, 0) is 85.0 Å². The van der Waals surface area contributed by atoms with Crippen molar-refractivity contribution in [1.82, 2.24) is 0 Å². The van der Waals surface area contributed by atoms with Crippen molar-refractivity contribution in [2.24, 2.45) is 11.7 Å². The Kier molecular flexibility index (Phi) is 32.3. The van der Waals surface area contributed by atoms with Crippen LogP contribution in [0.5, 0.6) is 0 Å². The van der Waals surface area contributed by atoms with Crippen LogP contribution in [0.1, 0.15) is 214 Å². The molecule has 0 saturated heterocycles. The minimum absolute atomic E-state index is 0.300. The van der Waals surface area contributed by atoms with E-state index in [1.54, 1.807) is 13.8 Å². The van der Waals surface area contributed by atoms with Crippen LogP contribution >= 0.6 is 0 Å². The lowest BCUT2D eigenvalue weighted by Crippen LogP contribution is -2.54. The van der Waals surface area contributed by atoms with E-state index in [-0.39, 0.29) is 11.9 Å². The van der Waals surface area contributed by atoms with Gasteiger partial charge in [-0.2, -0.15) is 0 Å². The summed E-state index contributed by atoms with van der Waals surface area (Å²) in [6.45, 7) is 9.43. The summed E-state index contributed by atoms with van der Waals surface area (Å²) >= 11 is 0. The maximum atomic E-state index is 12.6. The Morgan fingerprint density at radius 1 is 0.531 bits per heavy atom. The predicted molar refractivity (Wildman–Crippen MR) is 208 cm³/mol. The van der Waals surface area contributed by atoms with E-state index in [1.807, 2.05) is 0 Å². The molecule has 0 aliphatic carbocycles. The van der Waals surface area contributed by atoms with Crippen LogP contribution in [0.3, 0.4) is 0 Å². The van der Waals surface area contributed by atoms with Gasteiger partial charge in [0.25, 0.3) is 0 Å². The van der Waals surface area contributed by atoms with E-state index in [9.17, 15) is 14.7 Å². The van der Waals surface area contributed by atoms with Crippen molar-refractivity contribution in [1.29, 1.82) is 0 Å². The molecule has 49 heavy (non-hydrogen) atoms. The Bertz CT molecular complexity index is 758. The van der Waals surface area contributed by atoms with Crippen molar-refractivity contribution in [3.63, 3.8) is 0 Å². The van der Waals surface area contributed by atoms with E-state index in [0.717, 1.165) is 51.4 Å². The highest BCUT2D eigenvalue weighted by molar-refractivity contribution is 5.70. The largest absolute Gasteiger partial charge is 0.462 e. The second kappa shape index (κ2) is 33.5. The number of carbonyl (C=O) groups is 2. The lowest BCUT2D eigenvalue weighted by molar-refractivity contribution is -0.173. The van der Waals surface area contributed by atoms with Crippen LogP contribution in [0.2, 0.25) is 0 Å².